The number of rotatable bonds is 2. The maximum absolute atomic E-state index is 13.0. The number of nitriles is 1. The Morgan fingerprint density at radius 1 is 1.67 bits per heavy atom. The van der Waals surface area contributed by atoms with E-state index in [1.807, 2.05) is 0 Å². The van der Waals surface area contributed by atoms with Gasteiger partial charge in [0.15, 0.2) is 0 Å². The Morgan fingerprint density at radius 3 is 2.87 bits per heavy atom. The van der Waals surface area contributed by atoms with Crippen molar-refractivity contribution in [2.75, 3.05) is 13.1 Å². The zero-order chi connectivity index (χ0) is 11.5. The Hall–Kier alpha value is -1.18. The number of carbonyl (C=O) groups is 1. The van der Waals surface area contributed by atoms with Gasteiger partial charge in [0.2, 0.25) is 11.8 Å². The number of likely N-dealkylation sites (tertiary alicyclic amines) is 1. The highest BCUT2D eigenvalue weighted by Crippen LogP contribution is 2.31. The molecule has 0 N–H and O–H groups in total. The monoisotopic (exact) mass is 216 g/mol. The van der Waals surface area contributed by atoms with E-state index in [2.05, 4.69) is 0 Å². The van der Waals surface area contributed by atoms with Crippen LogP contribution in [0.1, 0.15) is 26.2 Å². The van der Waals surface area contributed by atoms with Gasteiger partial charge in [-0.2, -0.15) is 5.26 Å². The largest absolute Gasteiger partial charge is 0.341 e. The minimum absolute atomic E-state index is 0.0734. The van der Waals surface area contributed by atoms with Gasteiger partial charge >= 0.3 is 0 Å². The van der Waals surface area contributed by atoms with Crippen molar-refractivity contribution in [3.63, 3.8) is 0 Å². The standard InChI is InChI=1S/C10H14F2N2O/c1-10(11,12)8-3-2-6-14(7-8)9(15)4-5-13/h8H,2-4,6-7H2,1H3/t8-/m0/s1. The van der Waals surface area contributed by atoms with Gasteiger partial charge < -0.3 is 4.90 Å². The number of amides is 1. The molecular weight excluding hydrogens is 202 g/mol. The lowest BCUT2D eigenvalue weighted by atomic mass is 9.92. The average Bonchev–Trinajstić information content (AvgIpc) is 2.17. The van der Waals surface area contributed by atoms with Crippen molar-refractivity contribution in [1.29, 1.82) is 5.26 Å². The molecule has 1 fully saturated rings. The highest BCUT2D eigenvalue weighted by Gasteiger charge is 2.38. The van der Waals surface area contributed by atoms with E-state index in [0.717, 1.165) is 6.92 Å². The van der Waals surface area contributed by atoms with E-state index in [-0.39, 0.29) is 18.9 Å². The third-order valence-corrected chi connectivity index (χ3v) is 2.72. The normalized spacial score (nSPS) is 22.3. The third-order valence-electron chi connectivity index (χ3n) is 2.72. The summed E-state index contributed by atoms with van der Waals surface area (Å²) in [5.41, 5.74) is 0. The fourth-order valence-corrected chi connectivity index (χ4v) is 1.80. The maximum Gasteiger partial charge on any atom is 0.249 e. The predicted molar refractivity (Wildman–Crippen MR) is 50.2 cm³/mol. The van der Waals surface area contributed by atoms with Gasteiger partial charge in [0, 0.05) is 19.0 Å². The number of alkyl halides is 2. The quantitative estimate of drug-likeness (QED) is 0.706. The first-order valence-electron chi connectivity index (χ1n) is 4.97. The van der Waals surface area contributed by atoms with Crippen LogP contribution >= 0.6 is 0 Å². The van der Waals surface area contributed by atoms with E-state index >= 15 is 0 Å². The first kappa shape index (κ1) is 11.9. The van der Waals surface area contributed by atoms with Crippen LogP contribution in [-0.4, -0.2) is 29.8 Å². The van der Waals surface area contributed by atoms with Crippen molar-refractivity contribution in [1.82, 2.24) is 4.90 Å². The first-order chi connectivity index (χ1) is 6.95. The van der Waals surface area contributed by atoms with Crippen LogP contribution in [0.5, 0.6) is 0 Å². The summed E-state index contributed by atoms with van der Waals surface area (Å²) in [6.45, 7) is 1.45. The molecule has 0 bridgehead atoms. The Kier molecular flexibility index (Phi) is 3.61. The first-order valence-corrected chi connectivity index (χ1v) is 4.97. The minimum Gasteiger partial charge on any atom is -0.341 e. The Bertz CT molecular complexity index is 280. The molecule has 1 amide bonds. The number of hydrogen-bond donors (Lipinski definition) is 0. The van der Waals surface area contributed by atoms with E-state index in [0.29, 0.717) is 19.4 Å². The lowest BCUT2D eigenvalue weighted by molar-refractivity contribution is -0.136. The van der Waals surface area contributed by atoms with Gasteiger partial charge in [-0.15, -0.1) is 0 Å². The summed E-state index contributed by atoms with van der Waals surface area (Å²) >= 11 is 0. The van der Waals surface area contributed by atoms with Crippen molar-refractivity contribution in [3.8, 4) is 6.07 Å². The number of carbonyl (C=O) groups excluding carboxylic acids is 1. The summed E-state index contributed by atoms with van der Waals surface area (Å²) in [5, 5.41) is 8.35. The van der Waals surface area contributed by atoms with Crippen LogP contribution in [0.2, 0.25) is 0 Å². The highest BCUT2D eigenvalue weighted by atomic mass is 19.3. The second-order valence-electron chi connectivity index (χ2n) is 3.97. The Morgan fingerprint density at radius 2 is 2.33 bits per heavy atom. The number of hydrogen-bond acceptors (Lipinski definition) is 2. The van der Waals surface area contributed by atoms with Crippen LogP contribution in [0.3, 0.4) is 0 Å². The van der Waals surface area contributed by atoms with Gasteiger partial charge in [-0.1, -0.05) is 0 Å². The molecule has 1 aliphatic rings. The van der Waals surface area contributed by atoms with Gasteiger partial charge in [0.1, 0.15) is 6.42 Å². The minimum atomic E-state index is -2.74. The van der Waals surface area contributed by atoms with Crippen LogP contribution in [-0.2, 0) is 4.79 Å². The highest BCUT2D eigenvalue weighted by molar-refractivity contribution is 5.78. The van der Waals surface area contributed by atoms with Gasteiger partial charge in [-0.05, 0) is 19.8 Å². The molecule has 3 nitrogen and oxygen atoms in total. The van der Waals surface area contributed by atoms with Crippen LogP contribution in [0.4, 0.5) is 8.78 Å². The van der Waals surface area contributed by atoms with Crippen LogP contribution in [0, 0.1) is 17.2 Å². The molecule has 84 valence electrons. The summed E-state index contributed by atoms with van der Waals surface area (Å²) in [7, 11) is 0. The molecule has 1 saturated heterocycles. The van der Waals surface area contributed by atoms with E-state index in [1.165, 1.54) is 4.90 Å². The van der Waals surface area contributed by atoms with Crippen LogP contribution in [0.25, 0.3) is 0 Å². The molecule has 1 rings (SSSR count). The molecule has 0 unspecified atom stereocenters. The number of nitrogens with zero attached hydrogens (tertiary/aromatic N) is 2. The molecule has 0 aliphatic carbocycles. The summed E-state index contributed by atoms with van der Waals surface area (Å²) in [5.74, 6) is -3.86. The molecule has 1 heterocycles. The zero-order valence-corrected chi connectivity index (χ0v) is 8.67. The van der Waals surface area contributed by atoms with Gasteiger partial charge in [0.25, 0.3) is 0 Å². The van der Waals surface area contributed by atoms with Crippen LogP contribution in [0.15, 0.2) is 0 Å². The van der Waals surface area contributed by atoms with Gasteiger partial charge in [0.05, 0.1) is 6.07 Å². The average molecular weight is 216 g/mol. The smallest absolute Gasteiger partial charge is 0.249 e. The predicted octanol–water partition coefficient (Wildman–Crippen LogP) is 1.79. The molecular formula is C10H14F2N2O. The molecule has 1 atom stereocenters. The topological polar surface area (TPSA) is 44.1 Å². The molecule has 15 heavy (non-hydrogen) atoms. The third kappa shape index (κ3) is 3.15. The summed E-state index contributed by atoms with van der Waals surface area (Å²) in [6, 6.07) is 1.74. The van der Waals surface area contributed by atoms with E-state index < -0.39 is 11.8 Å². The van der Waals surface area contributed by atoms with Crippen molar-refractivity contribution < 1.29 is 13.6 Å². The van der Waals surface area contributed by atoms with Crippen molar-refractivity contribution in [2.45, 2.75) is 32.1 Å². The SMILES string of the molecule is CC(F)(F)[C@H]1CCCN(C(=O)CC#N)C1. The lowest BCUT2D eigenvalue weighted by Gasteiger charge is -2.35. The fraction of sp³-hybridized carbons (Fsp3) is 0.800. The summed E-state index contributed by atoms with van der Waals surface area (Å²) < 4.78 is 26.1. The molecule has 0 aromatic heterocycles. The molecule has 0 aromatic rings. The Balaban J connectivity index is 2.57. The van der Waals surface area contributed by atoms with Crippen molar-refractivity contribution in [2.24, 2.45) is 5.92 Å². The van der Waals surface area contributed by atoms with Gasteiger partial charge in [-0.25, -0.2) is 8.78 Å². The molecule has 0 saturated carbocycles. The van der Waals surface area contributed by atoms with E-state index in [9.17, 15) is 13.6 Å². The summed E-state index contributed by atoms with van der Waals surface area (Å²) in [4.78, 5) is 12.7. The molecule has 0 radical (unpaired) electrons. The maximum atomic E-state index is 13.0. The lowest BCUT2D eigenvalue weighted by Crippen LogP contribution is -2.44. The molecule has 0 aromatic carbocycles. The van der Waals surface area contributed by atoms with E-state index in [4.69, 9.17) is 5.26 Å². The molecule has 5 heteroatoms. The fourth-order valence-electron chi connectivity index (χ4n) is 1.80. The number of halogens is 2. The van der Waals surface area contributed by atoms with E-state index in [1.54, 1.807) is 6.07 Å². The van der Waals surface area contributed by atoms with Crippen molar-refractivity contribution >= 4 is 5.91 Å². The zero-order valence-electron chi connectivity index (χ0n) is 8.67. The van der Waals surface area contributed by atoms with Crippen molar-refractivity contribution in [3.05, 3.63) is 0 Å². The Labute approximate surface area is 87.7 Å². The second kappa shape index (κ2) is 4.56. The second-order valence-corrected chi connectivity index (χ2v) is 3.97. The molecule has 1 aliphatic heterocycles. The molecule has 0 spiro atoms. The summed E-state index contributed by atoms with van der Waals surface area (Å²) in [6.07, 6.45) is 0.813. The number of piperidine rings is 1. The van der Waals surface area contributed by atoms with Gasteiger partial charge in [-0.3, -0.25) is 4.79 Å². The van der Waals surface area contributed by atoms with Crippen LogP contribution < -0.4 is 0 Å².